The van der Waals surface area contributed by atoms with Crippen LogP contribution in [0.2, 0.25) is 0 Å². The van der Waals surface area contributed by atoms with E-state index in [1.807, 2.05) is 12.1 Å². The fraction of sp³-hybridized carbons (Fsp3) is 0.500. The van der Waals surface area contributed by atoms with Gasteiger partial charge in [0, 0.05) is 19.1 Å². The van der Waals surface area contributed by atoms with E-state index in [2.05, 4.69) is 4.90 Å². The molecule has 1 aromatic rings. The summed E-state index contributed by atoms with van der Waals surface area (Å²) in [5.74, 6) is -0.172. The van der Waals surface area contributed by atoms with Crippen LogP contribution in [0.5, 0.6) is 0 Å². The third-order valence-corrected chi connectivity index (χ3v) is 2.86. The summed E-state index contributed by atoms with van der Waals surface area (Å²) in [7, 11) is 0. The molecule has 1 aliphatic heterocycles. The lowest BCUT2D eigenvalue weighted by atomic mass is 10.1. The molecule has 3 heteroatoms. The molecular formula is C12H17FN2. The highest BCUT2D eigenvalue weighted by Crippen LogP contribution is 2.12. The number of nitrogens with two attached hydrogens (primary N) is 1. The van der Waals surface area contributed by atoms with Gasteiger partial charge in [-0.2, -0.15) is 0 Å². The molecule has 0 aliphatic carbocycles. The van der Waals surface area contributed by atoms with Crippen LogP contribution >= 0.6 is 0 Å². The van der Waals surface area contributed by atoms with Gasteiger partial charge in [0.25, 0.3) is 0 Å². The van der Waals surface area contributed by atoms with Gasteiger partial charge >= 0.3 is 0 Å². The van der Waals surface area contributed by atoms with E-state index in [1.165, 1.54) is 18.6 Å². The summed E-state index contributed by atoms with van der Waals surface area (Å²) in [6.07, 6.45) is 2.29. The minimum atomic E-state index is -0.172. The summed E-state index contributed by atoms with van der Waals surface area (Å²) in [5.41, 5.74) is 7.06. The molecule has 0 spiro atoms. The Morgan fingerprint density at radius 3 is 2.73 bits per heavy atom. The molecule has 0 saturated carbocycles. The molecule has 1 saturated heterocycles. The van der Waals surface area contributed by atoms with Crippen molar-refractivity contribution in [2.45, 2.75) is 25.4 Å². The van der Waals surface area contributed by atoms with Gasteiger partial charge in [-0.1, -0.05) is 12.1 Å². The predicted molar refractivity (Wildman–Crippen MR) is 58.9 cm³/mol. The monoisotopic (exact) mass is 208 g/mol. The van der Waals surface area contributed by atoms with Crippen LogP contribution in [0.3, 0.4) is 0 Å². The zero-order valence-corrected chi connectivity index (χ0v) is 8.82. The van der Waals surface area contributed by atoms with Crippen molar-refractivity contribution in [2.24, 2.45) is 5.73 Å². The molecular weight excluding hydrogens is 191 g/mol. The van der Waals surface area contributed by atoms with Crippen molar-refractivity contribution < 1.29 is 4.39 Å². The van der Waals surface area contributed by atoms with Crippen molar-refractivity contribution in [3.63, 3.8) is 0 Å². The number of benzene rings is 1. The summed E-state index contributed by atoms with van der Waals surface area (Å²) in [6.45, 7) is 2.94. The maximum Gasteiger partial charge on any atom is 0.123 e. The van der Waals surface area contributed by atoms with Crippen LogP contribution in [-0.4, -0.2) is 24.0 Å². The van der Waals surface area contributed by atoms with Gasteiger partial charge < -0.3 is 5.73 Å². The highest BCUT2D eigenvalue weighted by atomic mass is 19.1. The molecule has 0 radical (unpaired) electrons. The van der Waals surface area contributed by atoms with Gasteiger partial charge in [-0.3, -0.25) is 4.90 Å². The van der Waals surface area contributed by atoms with E-state index >= 15 is 0 Å². The van der Waals surface area contributed by atoms with E-state index in [1.54, 1.807) is 0 Å². The molecule has 1 aromatic carbocycles. The lowest BCUT2D eigenvalue weighted by molar-refractivity contribution is 0.201. The maximum atomic E-state index is 12.7. The molecule has 0 amide bonds. The van der Waals surface area contributed by atoms with E-state index in [4.69, 9.17) is 5.73 Å². The minimum absolute atomic E-state index is 0.172. The number of nitrogens with zero attached hydrogens (tertiary/aromatic N) is 1. The SMILES string of the molecule is N[C@@H]1CCCN(Cc2ccc(F)cc2)C1. The first-order valence-electron chi connectivity index (χ1n) is 5.46. The molecule has 1 fully saturated rings. The van der Waals surface area contributed by atoms with Gasteiger partial charge in [0.05, 0.1) is 0 Å². The lowest BCUT2D eigenvalue weighted by Gasteiger charge is -2.30. The number of rotatable bonds is 2. The Balaban J connectivity index is 1.93. The Kier molecular flexibility index (Phi) is 3.34. The summed E-state index contributed by atoms with van der Waals surface area (Å²) in [6, 6.07) is 7.02. The van der Waals surface area contributed by atoms with E-state index in [-0.39, 0.29) is 5.82 Å². The van der Waals surface area contributed by atoms with Crippen molar-refractivity contribution in [1.29, 1.82) is 0 Å². The van der Waals surface area contributed by atoms with Crippen LogP contribution in [0, 0.1) is 5.82 Å². The quantitative estimate of drug-likeness (QED) is 0.802. The van der Waals surface area contributed by atoms with Gasteiger partial charge in [0.15, 0.2) is 0 Å². The van der Waals surface area contributed by atoms with E-state index in [0.717, 1.165) is 31.6 Å². The summed E-state index contributed by atoms with van der Waals surface area (Å²) in [4.78, 5) is 2.33. The summed E-state index contributed by atoms with van der Waals surface area (Å²) < 4.78 is 12.7. The zero-order valence-electron chi connectivity index (χ0n) is 8.82. The van der Waals surface area contributed by atoms with Crippen molar-refractivity contribution in [1.82, 2.24) is 4.90 Å². The average Bonchev–Trinajstić information content (AvgIpc) is 2.22. The van der Waals surface area contributed by atoms with Crippen LogP contribution in [0.15, 0.2) is 24.3 Å². The molecule has 1 heterocycles. The first kappa shape index (κ1) is 10.6. The molecule has 1 atom stereocenters. The highest BCUT2D eigenvalue weighted by molar-refractivity contribution is 5.15. The fourth-order valence-electron chi connectivity index (χ4n) is 2.08. The second kappa shape index (κ2) is 4.73. The van der Waals surface area contributed by atoms with Crippen molar-refractivity contribution in [3.8, 4) is 0 Å². The molecule has 1 aliphatic rings. The van der Waals surface area contributed by atoms with E-state index in [0.29, 0.717) is 6.04 Å². The van der Waals surface area contributed by atoms with Crippen LogP contribution in [0.4, 0.5) is 4.39 Å². The minimum Gasteiger partial charge on any atom is -0.327 e. The van der Waals surface area contributed by atoms with Crippen molar-refractivity contribution in [2.75, 3.05) is 13.1 Å². The van der Waals surface area contributed by atoms with Crippen LogP contribution in [-0.2, 0) is 6.54 Å². The zero-order chi connectivity index (χ0) is 10.7. The second-order valence-electron chi connectivity index (χ2n) is 4.26. The maximum absolute atomic E-state index is 12.7. The summed E-state index contributed by atoms with van der Waals surface area (Å²) in [5, 5.41) is 0. The summed E-state index contributed by atoms with van der Waals surface area (Å²) >= 11 is 0. The third-order valence-electron chi connectivity index (χ3n) is 2.86. The molecule has 15 heavy (non-hydrogen) atoms. The fourth-order valence-corrected chi connectivity index (χ4v) is 2.08. The van der Waals surface area contributed by atoms with Crippen LogP contribution in [0.25, 0.3) is 0 Å². The number of halogens is 1. The molecule has 0 bridgehead atoms. The Labute approximate surface area is 89.9 Å². The first-order valence-corrected chi connectivity index (χ1v) is 5.46. The van der Waals surface area contributed by atoms with Crippen molar-refractivity contribution in [3.05, 3.63) is 35.6 Å². The Bertz CT molecular complexity index is 310. The first-order chi connectivity index (χ1) is 7.24. The number of hydrogen-bond donors (Lipinski definition) is 1. The standard InChI is InChI=1S/C12H17FN2/c13-11-5-3-10(4-6-11)8-15-7-1-2-12(14)9-15/h3-6,12H,1-2,7-9,14H2/t12-/m1/s1. The van der Waals surface area contributed by atoms with E-state index < -0.39 is 0 Å². The van der Waals surface area contributed by atoms with Gasteiger partial charge in [0.1, 0.15) is 5.82 Å². The third kappa shape index (κ3) is 3.01. The van der Waals surface area contributed by atoms with Crippen LogP contribution < -0.4 is 5.73 Å². The van der Waals surface area contributed by atoms with Gasteiger partial charge in [-0.15, -0.1) is 0 Å². The lowest BCUT2D eigenvalue weighted by Crippen LogP contribution is -2.42. The number of piperidine rings is 1. The smallest absolute Gasteiger partial charge is 0.123 e. The number of likely N-dealkylation sites (tertiary alicyclic amines) is 1. The molecule has 82 valence electrons. The predicted octanol–water partition coefficient (Wildman–Crippen LogP) is 1.75. The van der Waals surface area contributed by atoms with Gasteiger partial charge in [0.2, 0.25) is 0 Å². The van der Waals surface area contributed by atoms with Crippen molar-refractivity contribution >= 4 is 0 Å². The molecule has 2 N–H and O–H groups in total. The Morgan fingerprint density at radius 1 is 1.33 bits per heavy atom. The normalized spacial score (nSPS) is 22.9. The van der Waals surface area contributed by atoms with Crippen LogP contribution in [0.1, 0.15) is 18.4 Å². The molecule has 0 unspecified atom stereocenters. The molecule has 0 aromatic heterocycles. The highest BCUT2D eigenvalue weighted by Gasteiger charge is 2.16. The largest absolute Gasteiger partial charge is 0.327 e. The Morgan fingerprint density at radius 2 is 2.07 bits per heavy atom. The molecule has 2 nitrogen and oxygen atoms in total. The van der Waals surface area contributed by atoms with Gasteiger partial charge in [-0.25, -0.2) is 4.39 Å². The second-order valence-corrected chi connectivity index (χ2v) is 4.26. The Hall–Kier alpha value is -0.930. The topological polar surface area (TPSA) is 29.3 Å². The van der Waals surface area contributed by atoms with E-state index in [9.17, 15) is 4.39 Å². The number of hydrogen-bond acceptors (Lipinski definition) is 2. The average molecular weight is 208 g/mol. The molecule has 2 rings (SSSR count). The van der Waals surface area contributed by atoms with Gasteiger partial charge in [-0.05, 0) is 37.1 Å².